The lowest BCUT2D eigenvalue weighted by molar-refractivity contribution is -0.147. The van der Waals surface area contributed by atoms with Crippen LogP contribution in [0.2, 0.25) is 0 Å². The number of likely N-dealkylation sites (tertiary alicyclic amines) is 1. The van der Waals surface area contributed by atoms with Crippen LogP contribution in [0.1, 0.15) is 18.4 Å². The van der Waals surface area contributed by atoms with Crippen LogP contribution >= 0.6 is 0 Å². The van der Waals surface area contributed by atoms with Gasteiger partial charge in [-0.1, -0.05) is 17.7 Å². The van der Waals surface area contributed by atoms with Crippen molar-refractivity contribution in [2.24, 2.45) is 5.92 Å². The minimum atomic E-state index is -0.881. The minimum absolute atomic E-state index is 0.0809. The first-order valence-electron chi connectivity index (χ1n) is 8.31. The fourth-order valence-electron chi connectivity index (χ4n) is 2.69. The van der Waals surface area contributed by atoms with Gasteiger partial charge in [-0.2, -0.15) is 0 Å². The van der Waals surface area contributed by atoms with Crippen LogP contribution in [0, 0.1) is 12.8 Å². The van der Waals surface area contributed by atoms with Gasteiger partial charge >= 0.3 is 5.97 Å². The third-order valence-corrected chi connectivity index (χ3v) is 4.30. The van der Waals surface area contributed by atoms with Crippen molar-refractivity contribution in [3.8, 4) is 5.75 Å². The third-order valence-electron chi connectivity index (χ3n) is 4.30. The number of carbonyl (C=O) groups excluding carboxylic acids is 2. The number of amides is 2. The SMILES string of the molecule is Cc1ccc(OCC(=O)N(C)CC(=O)N2CCCC(C(=O)O)C2)cc1. The Kier molecular flexibility index (Phi) is 6.38. The van der Waals surface area contributed by atoms with E-state index in [4.69, 9.17) is 9.84 Å². The van der Waals surface area contributed by atoms with E-state index in [1.165, 1.54) is 16.8 Å². The van der Waals surface area contributed by atoms with Gasteiger partial charge in [0.15, 0.2) is 6.61 Å². The second-order valence-corrected chi connectivity index (χ2v) is 6.37. The van der Waals surface area contributed by atoms with Crippen molar-refractivity contribution < 1.29 is 24.2 Å². The van der Waals surface area contributed by atoms with Gasteiger partial charge in [0.25, 0.3) is 5.91 Å². The first-order chi connectivity index (χ1) is 11.9. The van der Waals surface area contributed by atoms with Gasteiger partial charge in [0.05, 0.1) is 12.5 Å². The Morgan fingerprint density at radius 1 is 1.28 bits per heavy atom. The van der Waals surface area contributed by atoms with Crippen LogP contribution in [0.3, 0.4) is 0 Å². The number of ether oxygens (including phenoxy) is 1. The number of benzene rings is 1. The van der Waals surface area contributed by atoms with Crippen molar-refractivity contribution in [2.45, 2.75) is 19.8 Å². The Balaban J connectivity index is 1.80. The molecule has 2 rings (SSSR count). The van der Waals surface area contributed by atoms with Crippen molar-refractivity contribution in [1.82, 2.24) is 9.80 Å². The molecule has 0 bridgehead atoms. The zero-order chi connectivity index (χ0) is 18.4. The standard InChI is InChI=1S/C18H24N2O5/c1-13-5-7-15(8-6-13)25-12-17(22)19(2)11-16(21)20-9-3-4-14(10-20)18(23)24/h5-8,14H,3-4,9-12H2,1-2H3,(H,23,24). The van der Waals surface area contributed by atoms with Crippen LogP contribution in [0.4, 0.5) is 0 Å². The zero-order valence-electron chi connectivity index (χ0n) is 14.6. The average Bonchev–Trinajstić information content (AvgIpc) is 2.60. The molecule has 2 amide bonds. The van der Waals surface area contributed by atoms with E-state index in [-0.39, 0.29) is 31.5 Å². The molecular weight excluding hydrogens is 324 g/mol. The van der Waals surface area contributed by atoms with E-state index >= 15 is 0 Å². The Bertz CT molecular complexity index is 629. The number of carboxylic acids is 1. The molecule has 0 aromatic heterocycles. The summed E-state index contributed by atoms with van der Waals surface area (Å²) < 4.78 is 5.43. The number of aryl methyl sites for hydroxylation is 1. The molecule has 0 aliphatic carbocycles. The first kappa shape index (κ1) is 18.8. The van der Waals surface area contributed by atoms with Crippen LogP contribution in [0.15, 0.2) is 24.3 Å². The maximum Gasteiger partial charge on any atom is 0.308 e. The number of hydrogen-bond donors (Lipinski definition) is 1. The van der Waals surface area contributed by atoms with E-state index in [1.54, 1.807) is 12.1 Å². The zero-order valence-corrected chi connectivity index (χ0v) is 14.6. The predicted octanol–water partition coefficient (Wildman–Crippen LogP) is 1.16. The molecule has 1 aromatic carbocycles. The van der Waals surface area contributed by atoms with Crippen molar-refractivity contribution in [3.63, 3.8) is 0 Å². The molecule has 7 heteroatoms. The second-order valence-electron chi connectivity index (χ2n) is 6.37. The van der Waals surface area contributed by atoms with Crippen molar-refractivity contribution >= 4 is 17.8 Å². The summed E-state index contributed by atoms with van der Waals surface area (Å²) in [7, 11) is 1.54. The van der Waals surface area contributed by atoms with E-state index in [0.717, 1.165) is 5.56 Å². The summed E-state index contributed by atoms with van der Waals surface area (Å²) in [6.07, 6.45) is 1.25. The number of rotatable bonds is 6. The number of carboxylic acid groups (broad SMARTS) is 1. The lowest BCUT2D eigenvalue weighted by atomic mass is 9.98. The van der Waals surface area contributed by atoms with Gasteiger partial charge in [0.1, 0.15) is 5.75 Å². The van der Waals surface area contributed by atoms with E-state index < -0.39 is 11.9 Å². The number of piperidine rings is 1. The summed E-state index contributed by atoms with van der Waals surface area (Å²) in [6.45, 7) is 2.47. The van der Waals surface area contributed by atoms with Gasteiger partial charge in [0, 0.05) is 20.1 Å². The van der Waals surface area contributed by atoms with Crippen molar-refractivity contribution in [1.29, 1.82) is 0 Å². The number of aliphatic carboxylic acids is 1. The summed E-state index contributed by atoms with van der Waals surface area (Å²) in [4.78, 5) is 38.3. The summed E-state index contributed by atoms with van der Waals surface area (Å²) in [5.74, 6) is -1.35. The fraction of sp³-hybridized carbons (Fsp3) is 0.500. The molecule has 1 atom stereocenters. The molecule has 1 heterocycles. The molecule has 1 aliphatic rings. The van der Waals surface area contributed by atoms with Crippen LogP contribution in [0.5, 0.6) is 5.75 Å². The van der Waals surface area contributed by atoms with E-state index in [2.05, 4.69) is 0 Å². The summed E-state index contributed by atoms with van der Waals surface area (Å²) in [6, 6.07) is 7.35. The summed E-state index contributed by atoms with van der Waals surface area (Å²) in [5, 5.41) is 9.08. The van der Waals surface area contributed by atoms with Crippen LogP contribution in [-0.4, -0.2) is 66.0 Å². The number of likely N-dealkylation sites (N-methyl/N-ethyl adjacent to an activating group) is 1. The van der Waals surface area contributed by atoms with E-state index in [9.17, 15) is 14.4 Å². The van der Waals surface area contributed by atoms with Gasteiger partial charge in [-0.3, -0.25) is 14.4 Å². The molecule has 1 aromatic rings. The van der Waals surface area contributed by atoms with E-state index in [0.29, 0.717) is 25.1 Å². The number of hydrogen-bond acceptors (Lipinski definition) is 4. The monoisotopic (exact) mass is 348 g/mol. The van der Waals surface area contributed by atoms with Crippen molar-refractivity contribution in [2.75, 3.05) is 33.3 Å². The average molecular weight is 348 g/mol. The predicted molar refractivity (Wildman–Crippen MR) is 91.3 cm³/mol. The molecule has 1 saturated heterocycles. The molecule has 1 unspecified atom stereocenters. The minimum Gasteiger partial charge on any atom is -0.484 e. The molecule has 1 aliphatic heterocycles. The van der Waals surface area contributed by atoms with Crippen LogP contribution < -0.4 is 4.74 Å². The van der Waals surface area contributed by atoms with Crippen molar-refractivity contribution in [3.05, 3.63) is 29.8 Å². The Morgan fingerprint density at radius 2 is 1.96 bits per heavy atom. The quantitative estimate of drug-likeness (QED) is 0.833. The molecule has 0 radical (unpaired) electrons. The topological polar surface area (TPSA) is 87.2 Å². The third kappa shape index (κ3) is 5.48. The highest BCUT2D eigenvalue weighted by atomic mass is 16.5. The number of carbonyl (C=O) groups is 3. The lowest BCUT2D eigenvalue weighted by Crippen LogP contribution is -2.47. The molecule has 1 N–H and O–H groups in total. The molecular formula is C18H24N2O5. The Morgan fingerprint density at radius 3 is 2.60 bits per heavy atom. The van der Waals surface area contributed by atoms with Crippen LogP contribution in [-0.2, 0) is 14.4 Å². The van der Waals surface area contributed by atoms with Gasteiger partial charge in [-0.05, 0) is 31.9 Å². The normalized spacial score (nSPS) is 17.0. The maximum absolute atomic E-state index is 12.3. The summed E-state index contributed by atoms with van der Waals surface area (Å²) in [5.41, 5.74) is 1.10. The smallest absolute Gasteiger partial charge is 0.308 e. The van der Waals surface area contributed by atoms with E-state index in [1.807, 2.05) is 19.1 Å². The highest BCUT2D eigenvalue weighted by Gasteiger charge is 2.28. The molecule has 0 spiro atoms. The number of nitrogens with zero attached hydrogens (tertiary/aromatic N) is 2. The largest absolute Gasteiger partial charge is 0.484 e. The molecule has 7 nitrogen and oxygen atoms in total. The molecule has 1 fully saturated rings. The van der Waals surface area contributed by atoms with Crippen LogP contribution in [0.25, 0.3) is 0 Å². The maximum atomic E-state index is 12.3. The Hall–Kier alpha value is -2.57. The van der Waals surface area contributed by atoms with Gasteiger partial charge in [-0.25, -0.2) is 0 Å². The lowest BCUT2D eigenvalue weighted by Gasteiger charge is -2.32. The fourth-order valence-corrected chi connectivity index (χ4v) is 2.69. The first-order valence-corrected chi connectivity index (χ1v) is 8.31. The summed E-state index contributed by atoms with van der Waals surface area (Å²) >= 11 is 0. The van der Waals surface area contributed by atoms with Gasteiger partial charge in [-0.15, -0.1) is 0 Å². The molecule has 0 saturated carbocycles. The molecule has 136 valence electrons. The second kappa shape index (κ2) is 8.50. The highest BCUT2D eigenvalue weighted by molar-refractivity contribution is 5.85. The molecule has 25 heavy (non-hydrogen) atoms. The Labute approximate surface area is 147 Å². The van der Waals surface area contributed by atoms with Gasteiger partial charge in [0.2, 0.25) is 5.91 Å². The van der Waals surface area contributed by atoms with Gasteiger partial charge < -0.3 is 19.6 Å². The highest BCUT2D eigenvalue weighted by Crippen LogP contribution is 2.17.